The molecule has 1 aliphatic rings. The Labute approximate surface area is 111 Å². The summed E-state index contributed by atoms with van der Waals surface area (Å²) in [5, 5.41) is 3.58. The van der Waals surface area contributed by atoms with Crippen LogP contribution < -0.4 is 5.32 Å². The highest BCUT2D eigenvalue weighted by Gasteiger charge is 2.25. The molecular formula is C16H26N2. The molecule has 1 fully saturated rings. The third-order valence-corrected chi connectivity index (χ3v) is 3.60. The van der Waals surface area contributed by atoms with Crippen LogP contribution in [0.5, 0.6) is 0 Å². The molecule has 100 valence electrons. The fourth-order valence-corrected chi connectivity index (χ4v) is 2.72. The van der Waals surface area contributed by atoms with Gasteiger partial charge < -0.3 is 5.32 Å². The molecule has 1 aromatic rings. The number of hydrogen-bond donors (Lipinski definition) is 1. The fourth-order valence-electron chi connectivity index (χ4n) is 2.72. The Kier molecular flexibility index (Phi) is 4.41. The number of likely N-dealkylation sites (tertiary alicyclic amines) is 1. The molecule has 0 bridgehead atoms. The lowest BCUT2D eigenvalue weighted by atomic mass is 10.0. The molecule has 2 rings (SSSR count). The van der Waals surface area contributed by atoms with Gasteiger partial charge in [-0.2, -0.15) is 0 Å². The molecule has 18 heavy (non-hydrogen) atoms. The van der Waals surface area contributed by atoms with Crippen LogP contribution in [0.2, 0.25) is 0 Å². The largest absolute Gasteiger partial charge is 0.311 e. The fraction of sp³-hybridized carbons (Fsp3) is 0.625. The highest BCUT2D eigenvalue weighted by molar-refractivity contribution is 5.19. The second kappa shape index (κ2) is 5.85. The van der Waals surface area contributed by atoms with Gasteiger partial charge in [0, 0.05) is 24.7 Å². The normalized spacial score (nSPS) is 21.4. The smallest absolute Gasteiger partial charge is 0.0349 e. The van der Waals surface area contributed by atoms with E-state index in [1.54, 1.807) is 0 Å². The molecule has 1 N–H and O–H groups in total. The van der Waals surface area contributed by atoms with E-state index in [-0.39, 0.29) is 5.54 Å². The molecule has 1 saturated heterocycles. The van der Waals surface area contributed by atoms with Gasteiger partial charge in [0.1, 0.15) is 0 Å². The summed E-state index contributed by atoms with van der Waals surface area (Å²) in [5.74, 6) is 0. The Bertz CT molecular complexity index is 353. The second-order valence-electron chi connectivity index (χ2n) is 6.28. The van der Waals surface area contributed by atoms with E-state index < -0.39 is 0 Å². The number of benzene rings is 1. The van der Waals surface area contributed by atoms with Crippen molar-refractivity contribution in [2.75, 3.05) is 19.6 Å². The maximum absolute atomic E-state index is 3.58. The van der Waals surface area contributed by atoms with Gasteiger partial charge in [0.05, 0.1) is 0 Å². The number of nitrogens with one attached hydrogen (secondary N) is 1. The zero-order valence-corrected chi connectivity index (χ0v) is 11.9. The SMILES string of the molecule is CC(C)(C)NCCN1CCCC1c1ccccc1. The molecule has 2 nitrogen and oxygen atoms in total. The second-order valence-corrected chi connectivity index (χ2v) is 6.28. The molecule has 0 aliphatic carbocycles. The van der Waals surface area contributed by atoms with Gasteiger partial charge in [-0.05, 0) is 45.7 Å². The van der Waals surface area contributed by atoms with Crippen LogP contribution in [-0.2, 0) is 0 Å². The van der Waals surface area contributed by atoms with Crippen molar-refractivity contribution in [2.45, 2.75) is 45.2 Å². The first-order chi connectivity index (χ1) is 8.56. The van der Waals surface area contributed by atoms with Crippen molar-refractivity contribution in [1.29, 1.82) is 0 Å². The van der Waals surface area contributed by atoms with E-state index in [0.717, 1.165) is 13.1 Å². The van der Waals surface area contributed by atoms with Crippen LogP contribution in [0.25, 0.3) is 0 Å². The quantitative estimate of drug-likeness (QED) is 0.877. The average molecular weight is 246 g/mol. The standard InChI is InChI=1S/C16H26N2/c1-16(2,3)17-11-13-18-12-7-10-15(18)14-8-5-4-6-9-14/h4-6,8-9,15,17H,7,10-13H2,1-3H3. The first-order valence-corrected chi connectivity index (χ1v) is 7.10. The van der Waals surface area contributed by atoms with Crippen LogP contribution in [0, 0.1) is 0 Å². The Morgan fingerprint density at radius 3 is 2.61 bits per heavy atom. The third-order valence-electron chi connectivity index (χ3n) is 3.60. The van der Waals surface area contributed by atoms with Crippen molar-refractivity contribution in [2.24, 2.45) is 0 Å². The Morgan fingerprint density at radius 2 is 1.94 bits per heavy atom. The summed E-state index contributed by atoms with van der Waals surface area (Å²) in [4.78, 5) is 2.62. The zero-order valence-electron chi connectivity index (χ0n) is 11.9. The molecule has 0 spiro atoms. The summed E-state index contributed by atoms with van der Waals surface area (Å²) >= 11 is 0. The first kappa shape index (κ1) is 13.6. The van der Waals surface area contributed by atoms with E-state index in [4.69, 9.17) is 0 Å². The summed E-state index contributed by atoms with van der Waals surface area (Å²) in [6.07, 6.45) is 2.63. The highest BCUT2D eigenvalue weighted by atomic mass is 15.2. The lowest BCUT2D eigenvalue weighted by Crippen LogP contribution is -2.41. The molecule has 0 saturated carbocycles. The van der Waals surface area contributed by atoms with Crippen molar-refractivity contribution in [3.8, 4) is 0 Å². The molecule has 0 aromatic heterocycles. The third kappa shape index (κ3) is 3.82. The van der Waals surface area contributed by atoms with Gasteiger partial charge in [0.15, 0.2) is 0 Å². The predicted molar refractivity (Wildman–Crippen MR) is 77.7 cm³/mol. The van der Waals surface area contributed by atoms with Gasteiger partial charge in [-0.25, -0.2) is 0 Å². The summed E-state index contributed by atoms with van der Waals surface area (Å²) in [6, 6.07) is 11.6. The van der Waals surface area contributed by atoms with E-state index >= 15 is 0 Å². The van der Waals surface area contributed by atoms with E-state index in [9.17, 15) is 0 Å². The van der Waals surface area contributed by atoms with Crippen molar-refractivity contribution in [3.63, 3.8) is 0 Å². The number of rotatable bonds is 4. The molecule has 1 aliphatic heterocycles. The van der Waals surface area contributed by atoms with E-state index in [2.05, 4.69) is 61.3 Å². The van der Waals surface area contributed by atoms with Crippen molar-refractivity contribution in [1.82, 2.24) is 10.2 Å². The van der Waals surface area contributed by atoms with Crippen molar-refractivity contribution in [3.05, 3.63) is 35.9 Å². The van der Waals surface area contributed by atoms with Crippen LogP contribution in [0.3, 0.4) is 0 Å². The lowest BCUT2D eigenvalue weighted by molar-refractivity contribution is 0.246. The Morgan fingerprint density at radius 1 is 1.22 bits per heavy atom. The summed E-state index contributed by atoms with van der Waals surface area (Å²) < 4.78 is 0. The molecule has 0 radical (unpaired) electrons. The van der Waals surface area contributed by atoms with E-state index in [1.807, 2.05) is 0 Å². The zero-order chi connectivity index (χ0) is 13.0. The van der Waals surface area contributed by atoms with Crippen LogP contribution in [-0.4, -0.2) is 30.1 Å². The van der Waals surface area contributed by atoms with Gasteiger partial charge in [-0.3, -0.25) is 4.90 Å². The number of nitrogens with zero attached hydrogens (tertiary/aromatic N) is 1. The molecular weight excluding hydrogens is 220 g/mol. The highest BCUT2D eigenvalue weighted by Crippen LogP contribution is 2.31. The average Bonchev–Trinajstić information content (AvgIpc) is 2.77. The minimum absolute atomic E-state index is 0.224. The van der Waals surface area contributed by atoms with E-state index in [0.29, 0.717) is 6.04 Å². The molecule has 1 unspecified atom stereocenters. The van der Waals surface area contributed by atoms with Crippen molar-refractivity contribution < 1.29 is 0 Å². The topological polar surface area (TPSA) is 15.3 Å². The van der Waals surface area contributed by atoms with Crippen LogP contribution in [0.1, 0.15) is 45.2 Å². The summed E-state index contributed by atoms with van der Waals surface area (Å²) in [7, 11) is 0. The minimum atomic E-state index is 0.224. The van der Waals surface area contributed by atoms with Crippen LogP contribution in [0.4, 0.5) is 0 Å². The van der Waals surface area contributed by atoms with Crippen LogP contribution in [0.15, 0.2) is 30.3 Å². The molecule has 2 heteroatoms. The molecule has 1 atom stereocenters. The maximum atomic E-state index is 3.58. The first-order valence-electron chi connectivity index (χ1n) is 7.10. The van der Waals surface area contributed by atoms with Crippen molar-refractivity contribution >= 4 is 0 Å². The maximum Gasteiger partial charge on any atom is 0.0349 e. The van der Waals surface area contributed by atoms with E-state index in [1.165, 1.54) is 24.9 Å². The van der Waals surface area contributed by atoms with Gasteiger partial charge in [-0.1, -0.05) is 30.3 Å². The Balaban J connectivity index is 1.88. The summed E-state index contributed by atoms with van der Waals surface area (Å²) in [5.41, 5.74) is 1.70. The Hall–Kier alpha value is -0.860. The van der Waals surface area contributed by atoms with Gasteiger partial charge in [0.25, 0.3) is 0 Å². The molecule has 0 amide bonds. The predicted octanol–water partition coefficient (Wildman–Crippen LogP) is 3.21. The summed E-state index contributed by atoms with van der Waals surface area (Å²) in [6.45, 7) is 10.2. The van der Waals surface area contributed by atoms with Gasteiger partial charge >= 0.3 is 0 Å². The lowest BCUT2D eigenvalue weighted by Gasteiger charge is -2.27. The minimum Gasteiger partial charge on any atom is -0.311 e. The molecule has 1 heterocycles. The van der Waals surface area contributed by atoms with Crippen LogP contribution >= 0.6 is 0 Å². The monoisotopic (exact) mass is 246 g/mol. The number of hydrogen-bond acceptors (Lipinski definition) is 2. The molecule has 1 aromatic carbocycles. The van der Waals surface area contributed by atoms with Gasteiger partial charge in [-0.15, -0.1) is 0 Å². The van der Waals surface area contributed by atoms with Gasteiger partial charge in [0.2, 0.25) is 0 Å².